The van der Waals surface area contributed by atoms with E-state index in [1.807, 2.05) is 0 Å². The molecule has 1 N–H and O–H groups in total. The van der Waals surface area contributed by atoms with Gasteiger partial charge >= 0.3 is 11.9 Å². The predicted octanol–water partition coefficient (Wildman–Crippen LogP) is 2.92. The summed E-state index contributed by atoms with van der Waals surface area (Å²) in [6.45, 7) is 5.36. The van der Waals surface area contributed by atoms with Crippen LogP contribution in [0.4, 0.5) is 0 Å². The second-order valence-corrected chi connectivity index (χ2v) is 5.78. The molecular weight excluding hydrogens is 286 g/mol. The number of ether oxygens (including phenoxy) is 1. The zero-order valence-corrected chi connectivity index (χ0v) is 12.6. The summed E-state index contributed by atoms with van der Waals surface area (Å²) in [4.78, 5) is 26.8. The summed E-state index contributed by atoms with van der Waals surface area (Å²) in [6, 6.07) is 6.63. The molecule has 1 heterocycles. The molecule has 0 spiro atoms. The van der Waals surface area contributed by atoms with E-state index < -0.39 is 17.5 Å². The van der Waals surface area contributed by atoms with Crippen molar-refractivity contribution in [1.29, 1.82) is 0 Å². The maximum atomic E-state index is 12.1. The molecule has 6 nitrogen and oxygen atoms in total. The van der Waals surface area contributed by atoms with Gasteiger partial charge in [-0.2, -0.15) is 0 Å². The number of carboxylic acids is 1. The molecular formula is C16H17NO5. The van der Waals surface area contributed by atoms with Gasteiger partial charge in [-0.25, -0.2) is 9.78 Å². The molecule has 0 saturated heterocycles. The second kappa shape index (κ2) is 6.01. The molecule has 0 atom stereocenters. The summed E-state index contributed by atoms with van der Waals surface area (Å²) in [7, 11) is 0. The molecule has 0 bridgehead atoms. The third-order valence-electron chi connectivity index (χ3n) is 2.72. The number of hydrogen-bond acceptors (Lipinski definition) is 5. The van der Waals surface area contributed by atoms with Crippen LogP contribution in [-0.4, -0.2) is 27.6 Å². The van der Waals surface area contributed by atoms with E-state index >= 15 is 0 Å². The van der Waals surface area contributed by atoms with Crippen LogP contribution in [-0.2, 0) is 16.0 Å². The van der Waals surface area contributed by atoms with Crippen LogP contribution in [0.3, 0.4) is 0 Å². The van der Waals surface area contributed by atoms with Gasteiger partial charge in [-0.3, -0.25) is 4.79 Å². The molecule has 0 unspecified atom stereocenters. The van der Waals surface area contributed by atoms with E-state index in [2.05, 4.69) is 4.98 Å². The molecule has 0 aliphatic heterocycles. The Morgan fingerprint density at radius 1 is 1.32 bits per heavy atom. The average Bonchev–Trinajstić information content (AvgIpc) is 2.84. The fourth-order valence-electron chi connectivity index (χ4n) is 1.90. The Morgan fingerprint density at radius 3 is 2.68 bits per heavy atom. The lowest BCUT2D eigenvalue weighted by Crippen LogP contribution is -2.23. The van der Waals surface area contributed by atoms with E-state index in [-0.39, 0.29) is 6.42 Å². The van der Waals surface area contributed by atoms with Crippen LogP contribution < -0.4 is 0 Å². The summed E-state index contributed by atoms with van der Waals surface area (Å²) in [5.41, 5.74) is 0.671. The molecule has 0 saturated carbocycles. The van der Waals surface area contributed by atoms with Crippen molar-refractivity contribution < 1.29 is 23.8 Å². The van der Waals surface area contributed by atoms with Crippen molar-refractivity contribution in [2.45, 2.75) is 32.8 Å². The first-order chi connectivity index (χ1) is 10.3. The Kier molecular flexibility index (Phi) is 4.30. The molecule has 2 aromatic rings. The third kappa shape index (κ3) is 3.94. The Morgan fingerprint density at radius 2 is 2.05 bits per heavy atom. The first kappa shape index (κ1) is 15.8. The highest BCUT2D eigenvalue weighted by Crippen LogP contribution is 2.25. The Bertz CT molecular complexity index is 697. The second-order valence-electron chi connectivity index (χ2n) is 5.78. The number of esters is 1. The lowest BCUT2D eigenvalue weighted by Gasteiger charge is -2.19. The monoisotopic (exact) mass is 303 g/mol. The van der Waals surface area contributed by atoms with E-state index in [0.29, 0.717) is 22.6 Å². The van der Waals surface area contributed by atoms with Crippen molar-refractivity contribution in [1.82, 2.24) is 4.98 Å². The van der Waals surface area contributed by atoms with Gasteiger partial charge in [-0.15, -0.1) is 0 Å². The van der Waals surface area contributed by atoms with E-state index in [0.717, 1.165) is 0 Å². The maximum Gasteiger partial charge on any atom is 0.338 e. The predicted molar refractivity (Wildman–Crippen MR) is 78.4 cm³/mol. The first-order valence-electron chi connectivity index (χ1n) is 6.74. The lowest BCUT2D eigenvalue weighted by atomic mass is 10.1. The number of aliphatic carboxylic acids is 1. The molecule has 0 fully saturated rings. The molecule has 0 amide bonds. The van der Waals surface area contributed by atoms with Crippen LogP contribution in [0.1, 0.15) is 36.8 Å². The van der Waals surface area contributed by atoms with Gasteiger partial charge in [0, 0.05) is 5.56 Å². The number of carbonyl (C=O) groups excluding carboxylic acids is 1. The highest BCUT2D eigenvalue weighted by Gasteiger charge is 2.19. The van der Waals surface area contributed by atoms with Gasteiger partial charge in [0.2, 0.25) is 0 Å². The third-order valence-corrected chi connectivity index (χ3v) is 2.72. The Hall–Kier alpha value is -2.63. The zero-order valence-electron chi connectivity index (χ0n) is 12.6. The van der Waals surface area contributed by atoms with Crippen LogP contribution in [0.25, 0.3) is 11.3 Å². The minimum atomic E-state index is -1.00. The standard InChI is InChI=1S/C16H17NO5/c1-16(2,3)22-15(20)11-6-4-5-10(7-11)14-12(8-13(18)19)17-9-21-14/h4-7,9H,8H2,1-3H3,(H,18,19). The van der Waals surface area contributed by atoms with Crippen LogP contribution in [0, 0.1) is 0 Å². The fraction of sp³-hybridized carbons (Fsp3) is 0.312. The van der Waals surface area contributed by atoms with Crippen molar-refractivity contribution in [3.63, 3.8) is 0 Å². The number of benzene rings is 1. The topological polar surface area (TPSA) is 89.6 Å². The number of oxazole rings is 1. The molecule has 0 aliphatic rings. The van der Waals surface area contributed by atoms with E-state index in [9.17, 15) is 9.59 Å². The van der Waals surface area contributed by atoms with Crippen LogP contribution in [0.2, 0.25) is 0 Å². The smallest absolute Gasteiger partial charge is 0.338 e. The number of nitrogens with zero attached hydrogens (tertiary/aromatic N) is 1. The average molecular weight is 303 g/mol. The summed E-state index contributed by atoms with van der Waals surface area (Å²) in [5.74, 6) is -1.11. The van der Waals surface area contributed by atoms with Gasteiger partial charge in [-0.1, -0.05) is 12.1 Å². The summed E-state index contributed by atoms with van der Waals surface area (Å²) in [5, 5.41) is 8.87. The lowest BCUT2D eigenvalue weighted by molar-refractivity contribution is -0.136. The molecule has 2 rings (SSSR count). The van der Waals surface area contributed by atoms with Gasteiger partial charge in [0.25, 0.3) is 0 Å². The molecule has 0 aliphatic carbocycles. The number of aromatic nitrogens is 1. The molecule has 6 heteroatoms. The fourth-order valence-corrected chi connectivity index (χ4v) is 1.90. The Balaban J connectivity index is 2.31. The number of rotatable bonds is 4. The van der Waals surface area contributed by atoms with Crippen molar-refractivity contribution >= 4 is 11.9 Å². The van der Waals surface area contributed by atoms with Crippen molar-refractivity contribution in [2.75, 3.05) is 0 Å². The first-order valence-corrected chi connectivity index (χ1v) is 6.74. The van der Waals surface area contributed by atoms with Crippen LogP contribution in [0.15, 0.2) is 35.1 Å². The van der Waals surface area contributed by atoms with Gasteiger partial charge < -0.3 is 14.3 Å². The number of carbonyl (C=O) groups is 2. The van der Waals surface area contributed by atoms with Crippen molar-refractivity contribution in [3.8, 4) is 11.3 Å². The molecule has 1 aromatic heterocycles. The number of carboxylic acid groups (broad SMARTS) is 1. The van der Waals surface area contributed by atoms with Gasteiger partial charge in [-0.05, 0) is 32.9 Å². The highest BCUT2D eigenvalue weighted by molar-refractivity contribution is 5.91. The molecule has 0 radical (unpaired) electrons. The largest absolute Gasteiger partial charge is 0.481 e. The zero-order chi connectivity index (χ0) is 16.3. The highest BCUT2D eigenvalue weighted by atomic mass is 16.6. The minimum absolute atomic E-state index is 0.248. The van der Waals surface area contributed by atoms with Gasteiger partial charge in [0.1, 0.15) is 5.60 Å². The normalized spacial score (nSPS) is 11.2. The number of hydrogen-bond donors (Lipinski definition) is 1. The molecule has 22 heavy (non-hydrogen) atoms. The van der Waals surface area contributed by atoms with E-state index in [4.69, 9.17) is 14.3 Å². The van der Waals surface area contributed by atoms with Crippen molar-refractivity contribution in [2.24, 2.45) is 0 Å². The Labute approximate surface area is 127 Å². The van der Waals surface area contributed by atoms with E-state index in [1.165, 1.54) is 6.39 Å². The van der Waals surface area contributed by atoms with Crippen LogP contribution >= 0.6 is 0 Å². The quantitative estimate of drug-likeness (QED) is 0.873. The summed E-state index contributed by atoms with van der Waals surface area (Å²) >= 11 is 0. The minimum Gasteiger partial charge on any atom is -0.481 e. The van der Waals surface area contributed by atoms with Crippen LogP contribution in [0.5, 0.6) is 0 Å². The molecule has 1 aromatic carbocycles. The van der Waals surface area contributed by atoms with Gasteiger partial charge in [0.05, 0.1) is 17.7 Å². The van der Waals surface area contributed by atoms with E-state index in [1.54, 1.807) is 45.0 Å². The molecule has 116 valence electrons. The SMILES string of the molecule is CC(C)(C)OC(=O)c1cccc(-c2ocnc2CC(=O)O)c1. The van der Waals surface area contributed by atoms with Gasteiger partial charge in [0.15, 0.2) is 12.2 Å². The maximum absolute atomic E-state index is 12.1. The summed E-state index contributed by atoms with van der Waals surface area (Å²) in [6.07, 6.45) is 0.941. The van der Waals surface area contributed by atoms with Crippen molar-refractivity contribution in [3.05, 3.63) is 41.9 Å². The summed E-state index contributed by atoms with van der Waals surface area (Å²) < 4.78 is 10.6.